The van der Waals surface area contributed by atoms with Crippen LogP contribution in [0.3, 0.4) is 0 Å². The Morgan fingerprint density at radius 3 is 2.52 bits per heavy atom. The van der Waals surface area contributed by atoms with Crippen molar-refractivity contribution in [1.82, 2.24) is 0 Å². The maximum absolute atomic E-state index is 12.8. The molecule has 0 aromatic heterocycles. The van der Waals surface area contributed by atoms with E-state index in [1.807, 2.05) is 13.0 Å². The minimum Gasteiger partial charge on any atom is -0.322 e. The predicted molar refractivity (Wildman–Crippen MR) is 116 cm³/mol. The summed E-state index contributed by atoms with van der Waals surface area (Å²) in [5.74, 6) is -1.20. The predicted octanol–water partition coefficient (Wildman–Crippen LogP) is 5.46. The van der Waals surface area contributed by atoms with Crippen LogP contribution in [0.25, 0.3) is 0 Å². The van der Waals surface area contributed by atoms with E-state index in [4.69, 9.17) is 11.6 Å². The minimum atomic E-state index is -0.422. The second-order valence-electron chi connectivity index (χ2n) is 6.60. The molecule has 7 heteroatoms. The summed E-state index contributed by atoms with van der Waals surface area (Å²) in [5, 5.41) is 3.33. The number of benzene rings is 3. The molecule has 0 saturated carbocycles. The number of carbonyl (C=O) groups is 3. The van der Waals surface area contributed by atoms with Crippen LogP contribution in [0.15, 0.2) is 65.1 Å². The number of rotatable bonds is 3. The second-order valence-corrected chi connectivity index (χ2v) is 7.95. The third-order valence-electron chi connectivity index (χ3n) is 4.66. The van der Waals surface area contributed by atoms with Gasteiger partial charge in [0, 0.05) is 20.7 Å². The van der Waals surface area contributed by atoms with Crippen LogP contribution >= 0.6 is 27.5 Å². The van der Waals surface area contributed by atoms with Gasteiger partial charge in [-0.1, -0.05) is 39.7 Å². The molecule has 0 saturated heterocycles. The van der Waals surface area contributed by atoms with E-state index in [1.165, 1.54) is 6.07 Å². The lowest BCUT2D eigenvalue weighted by Crippen LogP contribution is -2.29. The average Bonchev–Trinajstić information content (AvgIpc) is 2.94. The molecule has 0 spiro atoms. The van der Waals surface area contributed by atoms with Gasteiger partial charge in [0.25, 0.3) is 17.7 Å². The molecule has 3 aromatic carbocycles. The van der Waals surface area contributed by atoms with Gasteiger partial charge in [0.2, 0.25) is 0 Å². The molecule has 1 aliphatic rings. The average molecular weight is 470 g/mol. The van der Waals surface area contributed by atoms with Crippen LogP contribution in [0.4, 0.5) is 11.4 Å². The highest BCUT2D eigenvalue weighted by Gasteiger charge is 2.36. The Hall–Kier alpha value is -2.96. The third-order valence-corrected chi connectivity index (χ3v) is 5.39. The zero-order valence-electron chi connectivity index (χ0n) is 15.2. The van der Waals surface area contributed by atoms with Crippen molar-refractivity contribution in [2.24, 2.45) is 0 Å². The molecule has 3 aromatic rings. The highest BCUT2D eigenvalue weighted by atomic mass is 79.9. The Bertz CT molecular complexity index is 1190. The number of imide groups is 1. The molecular weight excluding hydrogens is 456 g/mol. The Morgan fingerprint density at radius 2 is 1.72 bits per heavy atom. The van der Waals surface area contributed by atoms with E-state index in [1.54, 1.807) is 48.5 Å². The van der Waals surface area contributed by atoms with Gasteiger partial charge in [-0.05, 0) is 61.0 Å². The molecule has 0 radical (unpaired) electrons. The van der Waals surface area contributed by atoms with Gasteiger partial charge in [0.15, 0.2) is 0 Å². The van der Waals surface area contributed by atoms with Gasteiger partial charge in [-0.15, -0.1) is 0 Å². The highest BCUT2D eigenvalue weighted by Crippen LogP contribution is 2.31. The summed E-state index contributed by atoms with van der Waals surface area (Å²) < 4.78 is 0.712. The molecule has 1 aliphatic heterocycles. The fraction of sp³-hybridized carbons (Fsp3) is 0.0455. The molecule has 0 fully saturated rings. The van der Waals surface area contributed by atoms with Crippen LogP contribution in [0.5, 0.6) is 0 Å². The largest absolute Gasteiger partial charge is 0.322 e. The third kappa shape index (κ3) is 3.57. The minimum absolute atomic E-state index is 0.319. The van der Waals surface area contributed by atoms with Crippen molar-refractivity contribution < 1.29 is 14.4 Å². The van der Waals surface area contributed by atoms with E-state index in [0.717, 1.165) is 10.5 Å². The number of nitrogens with one attached hydrogen (secondary N) is 1. The number of aryl methyl sites for hydroxylation is 1. The van der Waals surface area contributed by atoms with Crippen LogP contribution in [0, 0.1) is 6.92 Å². The van der Waals surface area contributed by atoms with E-state index < -0.39 is 11.8 Å². The number of anilines is 2. The van der Waals surface area contributed by atoms with Crippen LogP contribution in [0.1, 0.15) is 36.6 Å². The fourth-order valence-electron chi connectivity index (χ4n) is 3.16. The number of hydrogen-bond donors (Lipinski definition) is 1. The van der Waals surface area contributed by atoms with E-state index in [0.29, 0.717) is 37.6 Å². The zero-order valence-corrected chi connectivity index (χ0v) is 17.5. The van der Waals surface area contributed by atoms with Crippen LogP contribution in [-0.4, -0.2) is 17.7 Å². The molecule has 29 heavy (non-hydrogen) atoms. The van der Waals surface area contributed by atoms with E-state index in [2.05, 4.69) is 21.2 Å². The van der Waals surface area contributed by atoms with Crippen molar-refractivity contribution in [3.05, 3.63) is 92.4 Å². The number of nitrogens with zero attached hydrogens (tertiary/aromatic N) is 1. The summed E-state index contributed by atoms with van der Waals surface area (Å²) in [6.07, 6.45) is 0. The van der Waals surface area contributed by atoms with Gasteiger partial charge in [-0.2, -0.15) is 0 Å². The van der Waals surface area contributed by atoms with Crippen molar-refractivity contribution in [2.45, 2.75) is 6.92 Å². The van der Waals surface area contributed by atoms with E-state index in [9.17, 15) is 14.4 Å². The molecule has 0 bridgehead atoms. The van der Waals surface area contributed by atoms with Crippen molar-refractivity contribution >= 4 is 56.6 Å². The lowest BCUT2D eigenvalue weighted by atomic mass is 10.1. The SMILES string of the molecule is Cc1ccc(Cl)cc1NC(=O)c1cccc(N2C(=O)c3ccc(Br)cc3C2=O)c1. The molecule has 144 valence electrons. The molecule has 1 heterocycles. The summed E-state index contributed by atoms with van der Waals surface area (Å²) in [5.41, 5.74) is 2.78. The first-order valence-electron chi connectivity index (χ1n) is 8.71. The topological polar surface area (TPSA) is 66.5 Å². The zero-order chi connectivity index (χ0) is 20.7. The summed E-state index contributed by atoms with van der Waals surface area (Å²) in [6.45, 7) is 1.86. The maximum Gasteiger partial charge on any atom is 0.266 e. The first-order chi connectivity index (χ1) is 13.8. The van der Waals surface area contributed by atoms with Gasteiger partial charge in [-0.3, -0.25) is 14.4 Å². The lowest BCUT2D eigenvalue weighted by molar-refractivity contribution is 0.0924. The molecular formula is C22H14BrClN2O3. The molecule has 0 atom stereocenters. The van der Waals surface area contributed by atoms with Gasteiger partial charge in [0.05, 0.1) is 16.8 Å². The van der Waals surface area contributed by atoms with Crippen LogP contribution < -0.4 is 10.2 Å². The molecule has 1 N–H and O–H groups in total. The molecule has 4 rings (SSSR count). The first kappa shape index (κ1) is 19.4. The van der Waals surface area contributed by atoms with Crippen molar-refractivity contribution in [2.75, 3.05) is 10.2 Å². The summed E-state index contributed by atoms with van der Waals surface area (Å²) >= 11 is 9.33. The van der Waals surface area contributed by atoms with E-state index in [-0.39, 0.29) is 5.91 Å². The number of halogens is 2. The lowest BCUT2D eigenvalue weighted by Gasteiger charge is -2.15. The second kappa shape index (κ2) is 7.46. The molecule has 3 amide bonds. The van der Waals surface area contributed by atoms with Gasteiger partial charge >= 0.3 is 0 Å². The van der Waals surface area contributed by atoms with Crippen molar-refractivity contribution in [1.29, 1.82) is 0 Å². The van der Waals surface area contributed by atoms with Crippen LogP contribution in [0.2, 0.25) is 5.02 Å². The number of fused-ring (bicyclic) bond motifs is 1. The fourth-order valence-corrected chi connectivity index (χ4v) is 3.69. The van der Waals surface area contributed by atoms with Gasteiger partial charge in [0.1, 0.15) is 0 Å². The smallest absolute Gasteiger partial charge is 0.266 e. The number of amides is 3. The summed E-state index contributed by atoms with van der Waals surface area (Å²) in [4.78, 5) is 39.3. The first-order valence-corrected chi connectivity index (χ1v) is 9.88. The Kier molecular flexibility index (Phi) is 4.98. The maximum atomic E-state index is 12.8. The summed E-state index contributed by atoms with van der Waals surface area (Å²) in [7, 11) is 0. The summed E-state index contributed by atoms with van der Waals surface area (Å²) in [6, 6.07) is 16.6. The van der Waals surface area contributed by atoms with Gasteiger partial charge < -0.3 is 5.32 Å². The van der Waals surface area contributed by atoms with Gasteiger partial charge in [-0.25, -0.2) is 4.90 Å². The number of hydrogen-bond acceptors (Lipinski definition) is 3. The van der Waals surface area contributed by atoms with Crippen molar-refractivity contribution in [3.8, 4) is 0 Å². The Morgan fingerprint density at radius 1 is 0.966 bits per heavy atom. The Balaban J connectivity index is 1.64. The highest BCUT2D eigenvalue weighted by molar-refractivity contribution is 9.10. The molecule has 0 aliphatic carbocycles. The standard InChI is InChI=1S/C22H14BrClN2O3/c1-12-5-7-15(24)11-19(12)25-20(27)13-3-2-4-16(9-13)26-21(28)17-8-6-14(23)10-18(17)22(26)29/h2-11H,1H3,(H,25,27). The Labute approximate surface area is 180 Å². The normalized spacial score (nSPS) is 12.9. The monoisotopic (exact) mass is 468 g/mol. The van der Waals surface area contributed by atoms with Crippen LogP contribution in [-0.2, 0) is 0 Å². The molecule has 0 unspecified atom stereocenters. The quantitative estimate of drug-likeness (QED) is 0.518. The van der Waals surface area contributed by atoms with E-state index >= 15 is 0 Å². The molecule has 5 nitrogen and oxygen atoms in total. The number of carbonyl (C=O) groups excluding carboxylic acids is 3. The van der Waals surface area contributed by atoms with Crippen molar-refractivity contribution in [3.63, 3.8) is 0 Å².